The fourth-order valence-corrected chi connectivity index (χ4v) is 2.08. The zero-order valence-corrected chi connectivity index (χ0v) is 10.9. The number of allylic oxidation sites excluding steroid dienone is 2. The van der Waals surface area contributed by atoms with Crippen LogP contribution in [0.2, 0.25) is 0 Å². The minimum atomic E-state index is 0.113. The van der Waals surface area contributed by atoms with E-state index in [9.17, 15) is 4.79 Å². The summed E-state index contributed by atoms with van der Waals surface area (Å²) in [5, 5.41) is 0. The molecule has 94 valence electrons. The van der Waals surface area contributed by atoms with Crippen LogP contribution in [0.5, 0.6) is 0 Å². The van der Waals surface area contributed by atoms with Crippen molar-refractivity contribution in [3.63, 3.8) is 0 Å². The summed E-state index contributed by atoms with van der Waals surface area (Å²) < 4.78 is 2.10. The molecule has 2 aromatic rings. The van der Waals surface area contributed by atoms with E-state index in [1.54, 1.807) is 6.08 Å². The van der Waals surface area contributed by atoms with Crippen LogP contribution < -0.4 is 0 Å². The molecular formula is C15H18N2O. The van der Waals surface area contributed by atoms with Crippen molar-refractivity contribution in [2.75, 3.05) is 0 Å². The molecule has 0 radical (unpaired) electrons. The van der Waals surface area contributed by atoms with E-state index in [2.05, 4.69) is 16.5 Å². The number of benzene rings is 1. The second-order valence-electron chi connectivity index (χ2n) is 4.21. The van der Waals surface area contributed by atoms with Crippen molar-refractivity contribution in [3.05, 3.63) is 42.2 Å². The fourth-order valence-electron chi connectivity index (χ4n) is 2.08. The van der Waals surface area contributed by atoms with E-state index < -0.39 is 0 Å². The predicted octanol–water partition coefficient (Wildman–Crippen LogP) is 3.13. The molecule has 0 amide bonds. The van der Waals surface area contributed by atoms with Gasteiger partial charge in [-0.1, -0.05) is 25.1 Å². The fraction of sp³-hybridized carbons (Fsp3) is 0.333. The summed E-state index contributed by atoms with van der Waals surface area (Å²) in [4.78, 5) is 16.3. The number of hydrogen-bond donors (Lipinski definition) is 0. The Hall–Kier alpha value is -1.90. The van der Waals surface area contributed by atoms with E-state index in [4.69, 9.17) is 0 Å². The van der Waals surface area contributed by atoms with E-state index in [-0.39, 0.29) is 5.78 Å². The monoisotopic (exact) mass is 242 g/mol. The highest BCUT2D eigenvalue weighted by molar-refractivity contribution is 5.91. The number of carbonyl (C=O) groups is 1. The third-order valence-corrected chi connectivity index (χ3v) is 2.92. The van der Waals surface area contributed by atoms with Crippen LogP contribution >= 0.6 is 0 Å². The standard InChI is InChI=1S/C15H18N2O/c1-3-5-8-12(18)11-15-16-13-9-6-7-10-14(13)17(15)4-2/h5-10H,3-4,11H2,1-2H3/b8-5+. The molecule has 0 aliphatic rings. The van der Waals surface area contributed by atoms with Gasteiger partial charge in [-0.2, -0.15) is 0 Å². The Morgan fingerprint density at radius 3 is 2.83 bits per heavy atom. The lowest BCUT2D eigenvalue weighted by molar-refractivity contribution is -0.114. The van der Waals surface area contributed by atoms with Crippen LogP contribution in [0.15, 0.2) is 36.4 Å². The molecule has 0 bridgehead atoms. The van der Waals surface area contributed by atoms with Gasteiger partial charge in [-0.25, -0.2) is 4.98 Å². The molecule has 0 N–H and O–H groups in total. The van der Waals surface area contributed by atoms with Gasteiger partial charge >= 0.3 is 0 Å². The van der Waals surface area contributed by atoms with Gasteiger partial charge in [-0.05, 0) is 31.6 Å². The maximum absolute atomic E-state index is 11.8. The number of aryl methyl sites for hydroxylation is 1. The highest BCUT2D eigenvalue weighted by Gasteiger charge is 2.11. The molecule has 1 aromatic carbocycles. The van der Waals surface area contributed by atoms with Crippen molar-refractivity contribution in [1.29, 1.82) is 0 Å². The number of hydrogen-bond acceptors (Lipinski definition) is 2. The van der Waals surface area contributed by atoms with Gasteiger partial charge in [-0.3, -0.25) is 4.79 Å². The topological polar surface area (TPSA) is 34.9 Å². The summed E-state index contributed by atoms with van der Waals surface area (Å²) in [5.41, 5.74) is 2.06. The Labute approximate surface area is 107 Å². The van der Waals surface area contributed by atoms with Crippen LogP contribution in [0.25, 0.3) is 11.0 Å². The Bertz CT molecular complexity index is 581. The number of carbonyl (C=O) groups excluding carboxylic acids is 1. The average Bonchev–Trinajstić information content (AvgIpc) is 2.73. The van der Waals surface area contributed by atoms with Crippen molar-refractivity contribution in [3.8, 4) is 0 Å². The largest absolute Gasteiger partial charge is 0.328 e. The first kappa shape index (κ1) is 12.6. The molecule has 3 nitrogen and oxygen atoms in total. The minimum absolute atomic E-state index is 0.113. The van der Waals surface area contributed by atoms with E-state index >= 15 is 0 Å². The molecule has 0 aliphatic carbocycles. The molecule has 0 spiro atoms. The van der Waals surface area contributed by atoms with Crippen LogP contribution in [-0.4, -0.2) is 15.3 Å². The third-order valence-electron chi connectivity index (χ3n) is 2.92. The molecule has 0 saturated heterocycles. The lowest BCUT2D eigenvalue weighted by atomic mass is 10.2. The van der Waals surface area contributed by atoms with Gasteiger partial charge in [0.25, 0.3) is 0 Å². The Balaban J connectivity index is 2.33. The second kappa shape index (κ2) is 5.63. The van der Waals surface area contributed by atoms with Crippen LogP contribution in [0.4, 0.5) is 0 Å². The summed E-state index contributed by atoms with van der Waals surface area (Å²) in [6, 6.07) is 8.00. The van der Waals surface area contributed by atoms with Gasteiger partial charge in [0, 0.05) is 6.54 Å². The summed E-state index contributed by atoms with van der Waals surface area (Å²) in [5.74, 6) is 0.964. The number of imidazole rings is 1. The highest BCUT2D eigenvalue weighted by Crippen LogP contribution is 2.16. The van der Waals surface area contributed by atoms with Gasteiger partial charge < -0.3 is 4.57 Å². The Morgan fingerprint density at radius 2 is 2.11 bits per heavy atom. The SMILES string of the molecule is CC/C=C/C(=O)Cc1nc2ccccc2n1CC. The molecule has 18 heavy (non-hydrogen) atoms. The molecule has 3 heteroatoms. The Morgan fingerprint density at radius 1 is 1.33 bits per heavy atom. The van der Waals surface area contributed by atoms with Gasteiger partial charge in [-0.15, -0.1) is 0 Å². The zero-order chi connectivity index (χ0) is 13.0. The van der Waals surface area contributed by atoms with E-state index in [0.717, 1.165) is 29.8 Å². The quantitative estimate of drug-likeness (QED) is 0.755. The van der Waals surface area contributed by atoms with Crippen LogP contribution in [0.3, 0.4) is 0 Å². The molecule has 0 aliphatic heterocycles. The molecule has 0 fully saturated rings. The maximum atomic E-state index is 11.8. The van der Waals surface area contributed by atoms with Crippen LogP contribution in [-0.2, 0) is 17.8 Å². The number of fused-ring (bicyclic) bond motifs is 1. The molecule has 1 heterocycles. The first-order valence-corrected chi connectivity index (χ1v) is 6.39. The molecule has 0 atom stereocenters. The maximum Gasteiger partial charge on any atom is 0.162 e. The zero-order valence-electron chi connectivity index (χ0n) is 10.9. The van der Waals surface area contributed by atoms with Crippen LogP contribution in [0, 0.1) is 0 Å². The molecule has 2 rings (SSSR count). The molecule has 1 aromatic heterocycles. The third kappa shape index (κ3) is 2.50. The number of para-hydroxylation sites is 2. The Kier molecular flexibility index (Phi) is 3.92. The van der Waals surface area contributed by atoms with Crippen molar-refractivity contribution < 1.29 is 4.79 Å². The summed E-state index contributed by atoms with van der Waals surface area (Å²) in [6.07, 6.45) is 4.80. The van der Waals surface area contributed by atoms with Crippen LogP contribution in [0.1, 0.15) is 26.1 Å². The molecule has 0 saturated carbocycles. The summed E-state index contributed by atoms with van der Waals surface area (Å²) in [7, 11) is 0. The predicted molar refractivity (Wildman–Crippen MR) is 73.5 cm³/mol. The number of ketones is 1. The van der Waals surface area contributed by atoms with Crippen molar-refractivity contribution in [1.82, 2.24) is 9.55 Å². The molecule has 0 unspecified atom stereocenters. The van der Waals surface area contributed by atoms with E-state index in [0.29, 0.717) is 6.42 Å². The number of nitrogens with zero attached hydrogens (tertiary/aromatic N) is 2. The van der Waals surface area contributed by atoms with Crippen molar-refractivity contribution in [2.45, 2.75) is 33.2 Å². The lowest BCUT2D eigenvalue weighted by Gasteiger charge is -2.03. The van der Waals surface area contributed by atoms with Gasteiger partial charge in [0.15, 0.2) is 5.78 Å². The summed E-state index contributed by atoms with van der Waals surface area (Å²) in [6.45, 7) is 4.93. The number of rotatable bonds is 5. The van der Waals surface area contributed by atoms with Gasteiger partial charge in [0.2, 0.25) is 0 Å². The lowest BCUT2D eigenvalue weighted by Crippen LogP contribution is -2.07. The summed E-state index contributed by atoms with van der Waals surface area (Å²) >= 11 is 0. The van der Waals surface area contributed by atoms with E-state index in [1.807, 2.05) is 37.3 Å². The second-order valence-corrected chi connectivity index (χ2v) is 4.21. The first-order valence-electron chi connectivity index (χ1n) is 6.39. The van der Waals surface area contributed by atoms with Crippen molar-refractivity contribution in [2.24, 2.45) is 0 Å². The normalized spacial score (nSPS) is 11.4. The number of aromatic nitrogens is 2. The van der Waals surface area contributed by atoms with Gasteiger partial charge in [0.1, 0.15) is 5.82 Å². The van der Waals surface area contributed by atoms with E-state index in [1.165, 1.54) is 0 Å². The van der Waals surface area contributed by atoms with Crippen molar-refractivity contribution >= 4 is 16.8 Å². The highest BCUT2D eigenvalue weighted by atomic mass is 16.1. The minimum Gasteiger partial charge on any atom is -0.328 e. The molecular weight excluding hydrogens is 224 g/mol. The van der Waals surface area contributed by atoms with Gasteiger partial charge in [0.05, 0.1) is 17.5 Å². The average molecular weight is 242 g/mol. The first-order chi connectivity index (χ1) is 8.76. The smallest absolute Gasteiger partial charge is 0.162 e.